The van der Waals surface area contributed by atoms with Crippen molar-refractivity contribution in [1.29, 1.82) is 0 Å². The quantitative estimate of drug-likeness (QED) is 0.629. The molecule has 11 heteroatoms. The Morgan fingerprint density at radius 2 is 1.95 bits per heavy atom. The van der Waals surface area contributed by atoms with E-state index in [1.165, 1.54) is 0 Å². The van der Waals surface area contributed by atoms with Crippen molar-refractivity contribution >= 4 is 16.0 Å². The van der Waals surface area contributed by atoms with Crippen LogP contribution in [0.1, 0.15) is 6.92 Å². The summed E-state index contributed by atoms with van der Waals surface area (Å²) in [4.78, 5) is 8.90. The minimum atomic E-state index is -5.08. The highest BCUT2D eigenvalue weighted by Crippen LogP contribution is 2.13. The van der Waals surface area contributed by atoms with Crippen molar-refractivity contribution in [3.05, 3.63) is 0 Å². The van der Waals surface area contributed by atoms with Crippen LogP contribution in [0.4, 0.5) is 17.6 Å². The Labute approximate surface area is 107 Å². The molecule has 19 heavy (non-hydrogen) atoms. The molecule has 0 aromatic carbocycles. The van der Waals surface area contributed by atoms with E-state index in [4.69, 9.17) is 9.90 Å². The first kappa shape index (κ1) is 18.1. The van der Waals surface area contributed by atoms with Crippen LogP contribution in [0.3, 0.4) is 0 Å². The smallest absolute Gasteiger partial charge is 0.475 e. The minimum absolute atomic E-state index is 0.0384. The molecule has 0 bridgehead atoms. The topological polar surface area (TPSA) is 95.5 Å². The summed E-state index contributed by atoms with van der Waals surface area (Å²) >= 11 is 0. The fourth-order valence-corrected chi connectivity index (χ4v) is 1.53. The average molecular weight is 310 g/mol. The normalized spacial score (nSPS) is 23.0. The van der Waals surface area contributed by atoms with Crippen LogP contribution in [0.2, 0.25) is 0 Å². The number of sulfonamides is 1. The van der Waals surface area contributed by atoms with E-state index >= 15 is 0 Å². The van der Waals surface area contributed by atoms with E-state index in [0.717, 1.165) is 0 Å². The highest BCUT2D eigenvalue weighted by molar-refractivity contribution is 7.89. The molecule has 1 saturated heterocycles. The van der Waals surface area contributed by atoms with E-state index in [-0.39, 0.29) is 18.3 Å². The van der Waals surface area contributed by atoms with Gasteiger partial charge in [0.05, 0.1) is 11.8 Å². The summed E-state index contributed by atoms with van der Waals surface area (Å²) in [6, 6.07) is -0.341. The van der Waals surface area contributed by atoms with E-state index in [0.29, 0.717) is 6.54 Å². The van der Waals surface area contributed by atoms with Gasteiger partial charge in [0.15, 0.2) is 0 Å². The van der Waals surface area contributed by atoms with E-state index in [1.807, 2.05) is 0 Å². The summed E-state index contributed by atoms with van der Waals surface area (Å²) in [5.74, 6) is -2.72. The summed E-state index contributed by atoms with van der Waals surface area (Å²) in [7, 11) is -3.17. The van der Waals surface area contributed by atoms with Gasteiger partial charge < -0.3 is 10.4 Å². The average Bonchev–Trinajstić information content (AvgIpc) is 2.26. The SMILES string of the molecule is CCS(=O)(=O)NC[C@H]1NC[C@H]1F.O=C(O)C(F)(F)F. The first-order valence-electron chi connectivity index (χ1n) is 5.14. The summed E-state index contributed by atoms with van der Waals surface area (Å²) in [5, 5.41) is 9.91. The number of alkyl halides is 4. The van der Waals surface area contributed by atoms with Gasteiger partial charge in [-0.1, -0.05) is 0 Å². The van der Waals surface area contributed by atoms with Gasteiger partial charge in [0.2, 0.25) is 10.0 Å². The summed E-state index contributed by atoms with van der Waals surface area (Å²) in [6.45, 7) is 2.03. The molecule has 1 aliphatic heterocycles. The molecule has 0 radical (unpaired) electrons. The van der Waals surface area contributed by atoms with Crippen LogP contribution >= 0.6 is 0 Å². The molecular formula is C8H14F4N2O4S. The second kappa shape index (κ2) is 7.01. The monoisotopic (exact) mass is 310 g/mol. The number of carboxylic acid groups (broad SMARTS) is 1. The van der Waals surface area contributed by atoms with Gasteiger partial charge in [0.1, 0.15) is 6.17 Å². The van der Waals surface area contributed by atoms with Crippen molar-refractivity contribution in [2.75, 3.05) is 18.8 Å². The molecule has 0 aromatic rings. The highest BCUT2D eigenvalue weighted by Gasteiger charge is 2.38. The standard InChI is InChI=1S/C6H13FN2O2S.C2HF3O2/c1-2-12(10,11)9-4-6-5(7)3-8-6;3-2(4,5)1(6)7/h5-6,8-9H,2-4H2,1H3;(H,6,7)/t5-,6-;/m1./s1. The second-order valence-corrected chi connectivity index (χ2v) is 5.68. The zero-order valence-corrected chi connectivity index (χ0v) is 10.7. The molecule has 6 nitrogen and oxygen atoms in total. The van der Waals surface area contributed by atoms with Crippen molar-refractivity contribution in [2.24, 2.45) is 0 Å². The molecule has 1 rings (SSSR count). The lowest BCUT2D eigenvalue weighted by Crippen LogP contribution is -2.59. The van der Waals surface area contributed by atoms with Gasteiger partial charge in [0, 0.05) is 13.1 Å². The van der Waals surface area contributed by atoms with E-state index < -0.39 is 28.3 Å². The van der Waals surface area contributed by atoms with Crippen molar-refractivity contribution < 1.29 is 35.9 Å². The largest absolute Gasteiger partial charge is 0.490 e. The molecule has 1 aliphatic rings. The van der Waals surface area contributed by atoms with E-state index in [1.54, 1.807) is 6.92 Å². The van der Waals surface area contributed by atoms with Crippen molar-refractivity contribution in [2.45, 2.75) is 25.3 Å². The summed E-state index contributed by atoms with van der Waals surface area (Å²) < 4.78 is 68.4. The van der Waals surface area contributed by atoms with Crippen LogP contribution in [0.15, 0.2) is 0 Å². The Hall–Kier alpha value is -0.940. The third-order valence-corrected chi connectivity index (χ3v) is 3.52. The Kier molecular flexibility index (Phi) is 6.66. The molecule has 1 heterocycles. The fourth-order valence-electron chi connectivity index (χ4n) is 0.892. The Bertz CT molecular complexity index is 398. The number of nitrogens with one attached hydrogen (secondary N) is 2. The van der Waals surface area contributed by atoms with Crippen LogP contribution < -0.4 is 10.0 Å². The van der Waals surface area contributed by atoms with Crippen LogP contribution in [-0.4, -0.2) is 56.7 Å². The maximum Gasteiger partial charge on any atom is 0.490 e. The summed E-state index contributed by atoms with van der Waals surface area (Å²) in [6.07, 6.45) is -6.00. The number of aliphatic carboxylic acids is 1. The zero-order chi connectivity index (χ0) is 15.3. The maximum atomic E-state index is 12.6. The first-order valence-corrected chi connectivity index (χ1v) is 6.79. The number of carbonyl (C=O) groups is 1. The number of hydrogen-bond donors (Lipinski definition) is 3. The molecule has 1 fully saturated rings. The third-order valence-electron chi connectivity index (χ3n) is 2.16. The molecule has 0 spiro atoms. The van der Waals surface area contributed by atoms with E-state index in [9.17, 15) is 26.0 Å². The summed E-state index contributed by atoms with van der Waals surface area (Å²) in [5.41, 5.74) is 0. The molecule has 114 valence electrons. The lowest BCUT2D eigenvalue weighted by atomic mass is 10.1. The molecule has 3 N–H and O–H groups in total. The number of hydrogen-bond acceptors (Lipinski definition) is 4. The van der Waals surface area contributed by atoms with Gasteiger partial charge in [-0.3, -0.25) is 0 Å². The lowest BCUT2D eigenvalue weighted by Gasteiger charge is -2.31. The number of halogens is 4. The van der Waals surface area contributed by atoms with Gasteiger partial charge in [-0.05, 0) is 6.92 Å². The Morgan fingerprint density at radius 3 is 2.16 bits per heavy atom. The second-order valence-electron chi connectivity index (χ2n) is 3.59. The Morgan fingerprint density at radius 1 is 1.47 bits per heavy atom. The Balaban J connectivity index is 0.000000399. The molecule has 0 saturated carbocycles. The molecule has 0 unspecified atom stereocenters. The number of rotatable bonds is 4. The third kappa shape index (κ3) is 7.28. The zero-order valence-electron chi connectivity index (χ0n) is 9.87. The van der Waals surface area contributed by atoms with Crippen molar-refractivity contribution in [1.82, 2.24) is 10.0 Å². The van der Waals surface area contributed by atoms with Crippen molar-refractivity contribution in [3.63, 3.8) is 0 Å². The van der Waals surface area contributed by atoms with Gasteiger partial charge in [-0.25, -0.2) is 22.3 Å². The van der Waals surface area contributed by atoms with Gasteiger partial charge in [-0.15, -0.1) is 0 Å². The van der Waals surface area contributed by atoms with Crippen LogP contribution in [0.5, 0.6) is 0 Å². The molecule has 0 amide bonds. The molecule has 0 aliphatic carbocycles. The molecular weight excluding hydrogens is 296 g/mol. The highest BCUT2D eigenvalue weighted by atomic mass is 32.2. The fraction of sp³-hybridized carbons (Fsp3) is 0.875. The van der Waals surface area contributed by atoms with Gasteiger partial charge >= 0.3 is 12.1 Å². The van der Waals surface area contributed by atoms with Gasteiger partial charge in [0.25, 0.3) is 0 Å². The van der Waals surface area contributed by atoms with Crippen LogP contribution in [0.25, 0.3) is 0 Å². The molecule has 0 aromatic heterocycles. The number of carboxylic acids is 1. The maximum absolute atomic E-state index is 12.6. The minimum Gasteiger partial charge on any atom is -0.475 e. The van der Waals surface area contributed by atoms with Crippen LogP contribution in [0, 0.1) is 0 Å². The van der Waals surface area contributed by atoms with Crippen LogP contribution in [-0.2, 0) is 14.8 Å². The lowest BCUT2D eigenvalue weighted by molar-refractivity contribution is -0.192. The van der Waals surface area contributed by atoms with Crippen molar-refractivity contribution in [3.8, 4) is 0 Å². The predicted octanol–water partition coefficient (Wildman–Crippen LogP) is -0.131. The molecule has 2 atom stereocenters. The first-order chi connectivity index (χ1) is 8.49. The van der Waals surface area contributed by atoms with E-state index in [2.05, 4.69) is 10.0 Å². The predicted molar refractivity (Wildman–Crippen MR) is 57.8 cm³/mol. The van der Waals surface area contributed by atoms with Gasteiger partial charge in [-0.2, -0.15) is 13.2 Å².